The van der Waals surface area contributed by atoms with Gasteiger partial charge >= 0.3 is 0 Å². The van der Waals surface area contributed by atoms with Gasteiger partial charge in [-0.1, -0.05) is 12.8 Å². The molecule has 0 spiro atoms. The lowest BCUT2D eigenvalue weighted by atomic mass is 9.81. The first-order chi connectivity index (χ1) is 5.84. The Morgan fingerprint density at radius 3 is 2.50 bits per heavy atom. The summed E-state index contributed by atoms with van der Waals surface area (Å²) in [5.41, 5.74) is 5.36. The predicted octanol–water partition coefficient (Wildman–Crippen LogP) is 1.87. The van der Waals surface area contributed by atoms with Gasteiger partial charge < -0.3 is 5.73 Å². The van der Waals surface area contributed by atoms with Crippen LogP contribution in [0.3, 0.4) is 0 Å². The summed E-state index contributed by atoms with van der Waals surface area (Å²) < 4.78 is 0. The molecule has 0 atom stereocenters. The molecule has 2 N–H and O–H groups in total. The lowest BCUT2D eigenvalue weighted by Crippen LogP contribution is -2.21. The number of hydrogen-bond acceptors (Lipinski definition) is 2. The first-order valence-electron chi connectivity index (χ1n) is 5.07. The molecule has 1 saturated carbocycles. The van der Waals surface area contributed by atoms with Crippen molar-refractivity contribution >= 4 is 5.78 Å². The summed E-state index contributed by atoms with van der Waals surface area (Å²) in [7, 11) is 0. The van der Waals surface area contributed by atoms with Crippen LogP contribution in [0.25, 0.3) is 0 Å². The second-order valence-corrected chi connectivity index (χ2v) is 3.69. The van der Waals surface area contributed by atoms with Crippen molar-refractivity contribution in [2.45, 2.75) is 44.9 Å². The van der Waals surface area contributed by atoms with Crippen LogP contribution in [-0.4, -0.2) is 12.3 Å². The van der Waals surface area contributed by atoms with Crippen molar-refractivity contribution in [2.24, 2.45) is 11.7 Å². The van der Waals surface area contributed by atoms with E-state index in [4.69, 9.17) is 5.73 Å². The van der Waals surface area contributed by atoms with E-state index in [-0.39, 0.29) is 0 Å². The summed E-state index contributed by atoms with van der Waals surface area (Å²) in [6, 6.07) is 0. The van der Waals surface area contributed by atoms with Crippen LogP contribution in [0.15, 0.2) is 0 Å². The van der Waals surface area contributed by atoms with Crippen molar-refractivity contribution in [3.8, 4) is 0 Å². The van der Waals surface area contributed by atoms with Gasteiger partial charge in [-0.25, -0.2) is 0 Å². The van der Waals surface area contributed by atoms with Crippen molar-refractivity contribution in [1.82, 2.24) is 0 Å². The lowest BCUT2D eigenvalue weighted by molar-refractivity contribution is -0.125. The van der Waals surface area contributed by atoms with Crippen molar-refractivity contribution in [2.75, 3.05) is 6.54 Å². The molecule has 1 fully saturated rings. The van der Waals surface area contributed by atoms with Gasteiger partial charge in [0, 0.05) is 12.3 Å². The molecule has 12 heavy (non-hydrogen) atoms. The third-order valence-corrected chi connectivity index (χ3v) is 2.69. The van der Waals surface area contributed by atoms with Crippen LogP contribution in [0.2, 0.25) is 0 Å². The predicted molar refractivity (Wildman–Crippen MR) is 49.9 cm³/mol. The number of hydrogen-bond donors (Lipinski definition) is 1. The zero-order valence-corrected chi connectivity index (χ0v) is 7.72. The number of carbonyl (C=O) groups is 1. The summed E-state index contributed by atoms with van der Waals surface area (Å²) >= 11 is 0. The molecule has 0 aromatic heterocycles. The van der Waals surface area contributed by atoms with Gasteiger partial charge in [-0.2, -0.15) is 0 Å². The van der Waals surface area contributed by atoms with Crippen molar-refractivity contribution in [3.05, 3.63) is 0 Å². The average Bonchev–Trinajstić information content (AvgIpc) is 1.95. The lowest BCUT2D eigenvalue weighted by Gasteiger charge is -2.23. The molecule has 0 radical (unpaired) electrons. The number of rotatable bonds is 6. The molecular weight excluding hydrogens is 150 g/mol. The third kappa shape index (κ3) is 2.94. The smallest absolute Gasteiger partial charge is 0.135 e. The van der Waals surface area contributed by atoms with Gasteiger partial charge in [-0.15, -0.1) is 0 Å². The topological polar surface area (TPSA) is 43.1 Å². The van der Waals surface area contributed by atoms with Gasteiger partial charge in [0.05, 0.1) is 0 Å². The molecule has 70 valence electrons. The summed E-state index contributed by atoms with van der Waals surface area (Å²) in [4.78, 5) is 11.4. The zero-order valence-electron chi connectivity index (χ0n) is 7.72. The van der Waals surface area contributed by atoms with Crippen molar-refractivity contribution < 1.29 is 4.79 Å². The van der Waals surface area contributed by atoms with E-state index in [0.29, 0.717) is 11.7 Å². The molecule has 0 aromatic rings. The van der Waals surface area contributed by atoms with E-state index < -0.39 is 0 Å². The van der Waals surface area contributed by atoms with Crippen LogP contribution in [0.1, 0.15) is 44.9 Å². The first kappa shape index (κ1) is 9.72. The Morgan fingerprint density at radius 2 is 2.00 bits per heavy atom. The van der Waals surface area contributed by atoms with E-state index in [1.807, 2.05) is 0 Å². The molecule has 0 saturated heterocycles. The Hall–Kier alpha value is -0.370. The highest BCUT2D eigenvalue weighted by molar-refractivity contribution is 5.81. The Morgan fingerprint density at radius 1 is 1.25 bits per heavy atom. The molecule has 1 aliphatic carbocycles. The molecular formula is C10H19NO. The average molecular weight is 169 g/mol. The van der Waals surface area contributed by atoms with E-state index in [1.165, 1.54) is 6.42 Å². The van der Waals surface area contributed by atoms with E-state index in [0.717, 1.165) is 45.1 Å². The highest BCUT2D eigenvalue weighted by atomic mass is 16.1. The van der Waals surface area contributed by atoms with Crippen LogP contribution < -0.4 is 5.73 Å². The highest BCUT2D eigenvalue weighted by Gasteiger charge is 2.23. The maximum atomic E-state index is 11.4. The van der Waals surface area contributed by atoms with Crippen LogP contribution in [0.4, 0.5) is 0 Å². The van der Waals surface area contributed by atoms with Crippen LogP contribution in [0, 0.1) is 5.92 Å². The monoisotopic (exact) mass is 169 g/mol. The Kier molecular flexibility index (Phi) is 4.30. The Balaban J connectivity index is 1.94. The number of Topliss-reactive ketones (excluding diaryl/α,β-unsaturated/α-hetero) is 1. The highest BCUT2D eigenvalue weighted by Crippen LogP contribution is 2.28. The second kappa shape index (κ2) is 5.31. The van der Waals surface area contributed by atoms with Gasteiger partial charge in [0.1, 0.15) is 5.78 Å². The molecule has 1 rings (SSSR count). The van der Waals surface area contributed by atoms with Crippen LogP contribution in [0.5, 0.6) is 0 Å². The van der Waals surface area contributed by atoms with Crippen LogP contribution >= 0.6 is 0 Å². The summed E-state index contributed by atoms with van der Waals surface area (Å²) in [6.07, 6.45) is 7.59. The van der Waals surface area contributed by atoms with Crippen LogP contribution in [-0.2, 0) is 4.79 Å². The largest absolute Gasteiger partial charge is 0.330 e. The molecule has 0 unspecified atom stereocenters. The molecule has 1 aliphatic rings. The van der Waals surface area contributed by atoms with Gasteiger partial charge in [-0.05, 0) is 32.2 Å². The minimum absolute atomic E-state index is 0.433. The Bertz CT molecular complexity index is 141. The van der Waals surface area contributed by atoms with Crippen molar-refractivity contribution in [1.29, 1.82) is 0 Å². The minimum atomic E-state index is 0.433. The molecule has 2 heteroatoms. The molecule has 0 amide bonds. The maximum absolute atomic E-state index is 11.4. The number of carbonyl (C=O) groups excluding carboxylic acids is 1. The minimum Gasteiger partial charge on any atom is -0.330 e. The van der Waals surface area contributed by atoms with Gasteiger partial charge in [-0.3, -0.25) is 4.79 Å². The van der Waals surface area contributed by atoms with Gasteiger partial charge in [0.15, 0.2) is 0 Å². The zero-order chi connectivity index (χ0) is 8.81. The standard InChI is InChI=1S/C10H19NO/c11-8-3-1-2-7-10(12)9-5-4-6-9/h9H,1-8,11H2. The molecule has 0 aromatic carbocycles. The van der Waals surface area contributed by atoms with Gasteiger partial charge in [0.25, 0.3) is 0 Å². The van der Waals surface area contributed by atoms with E-state index >= 15 is 0 Å². The Labute approximate surface area is 74.5 Å². The van der Waals surface area contributed by atoms with E-state index in [2.05, 4.69) is 0 Å². The molecule has 0 heterocycles. The van der Waals surface area contributed by atoms with Crippen molar-refractivity contribution in [3.63, 3.8) is 0 Å². The maximum Gasteiger partial charge on any atom is 0.135 e. The molecule has 2 nitrogen and oxygen atoms in total. The summed E-state index contributed by atoms with van der Waals surface area (Å²) in [5, 5.41) is 0. The summed E-state index contributed by atoms with van der Waals surface area (Å²) in [5.74, 6) is 0.932. The number of unbranched alkanes of at least 4 members (excludes halogenated alkanes) is 2. The molecule has 0 aliphatic heterocycles. The number of nitrogens with two attached hydrogens (primary N) is 1. The number of ketones is 1. The van der Waals surface area contributed by atoms with E-state index in [1.54, 1.807) is 0 Å². The first-order valence-corrected chi connectivity index (χ1v) is 5.07. The fourth-order valence-corrected chi connectivity index (χ4v) is 1.55. The summed E-state index contributed by atoms with van der Waals surface area (Å²) in [6.45, 7) is 0.762. The molecule has 0 bridgehead atoms. The normalized spacial score (nSPS) is 17.4. The second-order valence-electron chi connectivity index (χ2n) is 3.69. The quantitative estimate of drug-likeness (QED) is 0.617. The SMILES string of the molecule is NCCCCCC(=O)C1CCC1. The third-order valence-electron chi connectivity index (χ3n) is 2.69. The van der Waals surface area contributed by atoms with Gasteiger partial charge in [0.2, 0.25) is 0 Å². The fourth-order valence-electron chi connectivity index (χ4n) is 1.55. The van der Waals surface area contributed by atoms with E-state index in [9.17, 15) is 4.79 Å². The fraction of sp³-hybridized carbons (Fsp3) is 0.900.